The van der Waals surface area contributed by atoms with E-state index in [1.165, 1.54) is 5.56 Å². The average molecular weight is 315 g/mol. The van der Waals surface area contributed by atoms with Crippen molar-refractivity contribution < 1.29 is 9.84 Å². The predicted octanol–water partition coefficient (Wildman–Crippen LogP) is 2.78. The number of methoxy groups -OCH3 is 1. The molecule has 23 heavy (non-hydrogen) atoms. The van der Waals surface area contributed by atoms with Crippen LogP contribution in [0.5, 0.6) is 0 Å². The van der Waals surface area contributed by atoms with Crippen molar-refractivity contribution in [3.63, 3.8) is 0 Å². The molecule has 124 valence electrons. The number of benzene rings is 1. The Hall–Kier alpha value is -1.98. The Kier molecular flexibility index (Phi) is 6.97. The summed E-state index contributed by atoms with van der Waals surface area (Å²) < 4.78 is 7.45. The molecule has 0 aliphatic carbocycles. The molecule has 0 saturated heterocycles. The fraction of sp³-hybridized carbons (Fsp3) is 0.444. The maximum absolute atomic E-state index is 8.87. The van der Waals surface area contributed by atoms with Crippen LogP contribution < -0.4 is 0 Å². The minimum absolute atomic E-state index is 0.0648. The summed E-state index contributed by atoms with van der Waals surface area (Å²) in [6.07, 6.45) is 7.74. The van der Waals surface area contributed by atoms with Crippen molar-refractivity contribution in [3.05, 3.63) is 59.9 Å². The van der Waals surface area contributed by atoms with Gasteiger partial charge < -0.3 is 9.84 Å². The van der Waals surface area contributed by atoms with Gasteiger partial charge in [0, 0.05) is 38.8 Å². The van der Waals surface area contributed by atoms with E-state index in [2.05, 4.69) is 41.5 Å². The first-order chi connectivity index (χ1) is 11.2. The van der Waals surface area contributed by atoms with Crippen molar-refractivity contribution in [1.82, 2.24) is 15.0 Å². The second kappa shape index (κ2) is 9.22. The molecule has 2 rings (SSSR count). The second-order valence-corrected chi connectivity index (χ2v) is 5.59. The molecular weight excluding hydrogens is 290 g/mol. The molecule has 0 bridgehead atoms. The number of aliphatic hydroxyl groups is 1. The fourth-order valence-electron chi connectivity index (χ4n) is 2.59. The lowest BCUT2D eigenvalue weighted by Crippen LogP contribution is -2.10. The molecule has 5 heteroatoms. The van der Waals surface area contributed by atoms with Crippen molar-refractivity contribution in [2.75, 3.05) is 13.7 Å². The zero-order valence-electron chi connectivity index (χ0n) is 13.8. The van der Waals surface area contributed by atoms with Crippen LogP contribution in [0.2, 0.25) is 0 Å². The molecule has 1 N–H and O–H groups in total. The molecular formula is C18H25N3O2. The fourth-order valence-corrected chi connectivity index (χ4v) is 2.59. The van der Waals surface area contributed by atoms with E-state index in [1.54, 1.807) is 7.11 Å². The largest absolute Gasteiger partial charge is 0.396 e. The SMILES string of the molecule is CO[C@@H](c1ccccc1)[C@@H](C)/C=C/CCn1cc(CCO)nn1. The van der Waals surface area contributed by atoms with Gasteiger partial charge in [0.15, 0.2) is 0 Å². The topological polar surface area (TPSA) is 60.2 Å². The standard InChI is InChI=1S/C18H25N3O2/c1-15(18(23-2)16-9-4-3-5-10-16)8-6-7-12-21-14-17(11-13-22)19-20-21/h3-6,8-10,14-15,18,22H,7,11-13H2,1-2H3/b8-6+/t15-,18+/m0/s1. The number of rotatable bonds is 9. The number of hydrogen-bond donors (Lipinski definition) is 1. The van der Waals surface area contributed by atoms with E-state index >= 15 is 0 Å². The van der Waals surface area contributed by atoms with Crippen LogP contribution in [0.4, 0.5) is 0 Å². The first-order valence-corrected chi connectivity index (χ1v) is 7.99. The first-order valence-electron chi connectivity index (χ1n) is 7.99. The van der Waals surface area contributed by atoms with Gasteiger partial charge in [0.2, 0.25) is 0 Å². The molecule has 5 nitrogen and oxygen atoms in total. The molecule has 0 amide bonds. The molecule has 0 saturated carbocycles. The zero-order valence-corrected chi connectivity index (χ0v) is 13.8. The van der Waals surface area contributed by atoms with Crippen LogP contribution in [0.3, 0.4) is 0 Å². The molecule has 0 fully saturated rings. The Morgan fingerprint density at radius 3 is 2.78 bits per heavy atom. The number of nitrogens with zero attached hydrogens (tertiary/aromatic N) is 3. The third-order valence-corrected chi connectivity index (χ3v) is 3.78. The minimum Gasteiger partial charge on any atom is -0.396 e. The highest BCUT2D eigenvalue weighted by Crippen LogP contribution is 2.26. The number of aliphatic hydroxyl groups excluding tert-OH is 1. The van der Waals surface area contributed by atoms with E-state index in [1.807, 2.05) is 29.1 Å². The van der Waals surface area contributed by atoms with Crippen LogP contribution in [0.1, 0.15) is 30.7 Å². The Balaban J connectivity index is 1.83. The molecule has 1 aromatic heterocycles. The summed E-state index contributed by atoms with van der Waals surface area (Å²) in [7, 11) is 1.75. The normalized spacial score (nSPS) is 14.2. The Labute approximate surface area is 137 Å². The zero-order chi connectivity index (χ0) is 16.5. The van der Waals surface area contributed by atoms with Gasteiger partial charge in [-0.2, -0.15) is 0 Å². The van der Waals surface area contributed by atoms with E-state index < -0.39 is 0 Å². The summed E-state index contributed by atoms with van der Waals surface area (Å²) in [6, 6.07) is 10.3. The average Bonchev–Trinajstić information content (AvgIpc) is 3.01. The third kappa shape index (κ3) is 5.30. The number of aromatic nitrogens is 3. The molecule has 1 aromatic carbocycles. The molecule has 0 radical (unpaired) electrons. The van der Waals surface area contributed by atoms with Gasteiger partial charge in [-0.05, 0) is 12.0 Å². The van der Waals surface area contributed by atoms with Gasteiger partial charge in [-0.25, -0.2) is 0 Å². The highest BCUT2D eigenvalue weighted by atomic mass is 16.5. The van der Waals surface area contributed by atoms with Crippen molar-refractivity contribution in [2.24, 2.45) is 5.92 Å². The number of allylic oxidation sites excluding steroid dienone is 1. The van der Waals surface area contributed by atoms with E-state index in [4.69, 9.17) is 9.84 Å². The van der Waals surface area contributed by atoms with Gasteiger partial charge in [-0.15, -0.1) is 5.10 Å². The van der Waals surface area contributed by atoms with Crippen molar-refractivity contribution >= 4 is 0 Å². The summed E-state index contributed by atoms with van der Waals surface area (Å²) in [5.41, 5.74) is 2.02. The lowest BCUT2D eigenvalue weighted by Gasteiger charge is -2.20. The maximum Gasteiger partial charge on any atom is 0.0880 e. The van der Waals surface area contributed by atoms with Crippen LogP contribution in [-0.4, -0.2) is 33.8 Å². The molecule has 0 aliphatic heterocycles. The Morgan fingerprint density at radius 2 is 2.09 bits per heavy atom. The van der Waals surface area contributed by atoms with E-state index in [0.717, 1.165) is 18.7 Å². The van der Waals surface area contributed by atoms with Crippen LogP contribution in [0.15, 0.2) is 48.7 Å². The minimum atomic E-state index is 0.0648. The van der Waals surface area contributed by atoms with Gasteiger partial charge in [0.1, 0.15) is 0 Å². The molecule has 0 aliphatic rings. The number of ether oxygens (including phenoxy) is 1. The van der Waals surface area contributed by atoms with Crippen LogP contribution >= 0.6 is 0 Å². The first kappa shape index (κ1) is 17.4. The van der Waals surface area contributed by atoms with Crippen LogP contribution in [0, 0.1) is 5.92 Å². The quantitative estimate of drug-likeness (QED) is 0.723. The second-order valence-electron chi connectivity index (χ2n) is 5.59. The van der Waals surface area contributed by atoms with E-state index in [-0.39, 0.29) is 12.7 Å². The van der Waals surface area contributed by atoms with Crippen LogP contribution in [-0.2, 0) is 17.7 Å². The lowest BCUT2D eigenvalue weighted by atomic mass is 9.96. The van der Waals surface area contributed by atoms with Crippen LogP contribution in [0.25, 0.3) is 0 Å². The van der Waals surface area contributed by atoms with Gasteiger partial charge in [0.05, 0.1) is 11.8 Å². The van der Waals surface area contributed by atoms with Gasteiger partial charge >= 0.3 is 0 Å². The van der Waals surface area contributed by atoms with E-state index in [0.29, 0.717) is 12.3 Å². The Morgan fingerprint density at radius 1 is 1.30 bits per heavy atom. The lowest BCUT2D eigenvalue weighted by molar-refractivity contribution is 0.0741. The Bertz CT molecular complexity index is 595. The van der Waals surface area contributed by atoms with Gasteiger partial charge in [0.25, 0.3) is 0 Å². The van der Waals surface area contributed by atoms with Crippen molar-refractivity contribution in [2.45, 2.75) is 32.4 Å². The number of hydrogen-bond acceptors (Lipinski definition) is 4. The summed E-state index contributed by atoms with van der Waals surface area (Å²) in [4.78, 5) is 0. The summed E-state index contributed by atoms with van der Waals surface area (Å²) >= 11 is 0. The highest BCUT2D eigenvalue weighted by molar-refractivity contribution is 5.19. The smallest absolute Gasteiger partial charge is 0.0880 e. The monoisotopic (exact) mass is 315 g/mol. The van der Waals surface area contributed by atoms with Gasteiger partial charge in [-0.1, -0.05) is 54.6 Å². The number of aryl methyl sites for hydroxylation is 1. The van der Waals surface area contributed by atoms with Crippen molar-refractivity contribution in [1.29, 1.82) is 0 Å². The van der Waals surface area contributed by atoms with E-state index in [9.17, 15) is 0 Å². The molecule has 0 spiro atoms. The summed E-state index contributed by atoms with van der Waals surface area (Å²) in [5.74, 6) is 0.295. The highest BCUT2D eigenvalue weighted by Gasteiger charge is 2.15. The maximum atomic E-state index is 8.87. The molecule has 1 heterocycles. The summed E-state index contributed by atoms with van der Waals surface area (Å²) in [5, 5.41) is 16.9. The van der Waals surface area contributed by atoms with Gasteiger partial charge in [-0.3, -0.25) is 4.68 Å². The third-order valence-electron chi connectivity index (χ3n) is 3.78. The molecule has 2 aromatic rings. The predicted molar refractivity (Wildman–Crippen MR) is 89.9 cm³/mol. The molecule has 0 unspecified atom stereocenters. The van der Waals surface area contributed by atoms with Crippen molar-refractivity contribution in [3.8, 4) is 0 Å². The summed E-state index contributed by atoms with van der Waals surface area (Å²) in [6.45, 7) is 3.05. The molecule has 2 atom stereocenters.